The maximum atomic E-state index is 13.3. The van der Waals surface area contributed by atoms with E-state index in [4.69, 9.17) is 0 Å². The Morgan fingerprint density at radius 1 is 1.11 bits per heavy atom. The second-order valence-electron chi connectivity index (χ2n) is 9.89. The number of rotatable bonds is 9. The molecule has 0 bridgehead atoms. The Morgan fingerprint density at radius 3 is 2.59 bits per heavy atom. The molecule has 1 atom stereocenters. The van der Waals surface area contributed by atoms with Crippen LogP contribution in [0.25, 0.3) is 22.9 Å². The standard InChI is InChI=1S/C30H29N9O4S/c1-17-5-11-26(39-16-31-37-38-39)21(13-17)8-12-27(40)34-24(15-28-32-18(2)19(3)44-28)25-14-23(29(41)36-35-25)20-6-9-22(10-7-20)33-30(42)43-4/h5-14,16,24H,15H2,1-4H3,(H,33,42)(H,34,40)(H,36,41)/b12-8+/t24-/m0/s1. The van der Waals surface area contributed by atoms with Crippen LogP contribution < -0.4 is 16.2 Å². The third-order valence-corrected chi connectivity index (χ3v) is 7.86. The molecule has 13 nitrogen and oxygen atoms in total. The number of methoxy groups -OCH3 is 1. The Labute approximate surface area is 256 Å². The van der Waals surface area contributed by atoms with E-state index in [0.29, 0.717) is 28.9 Å². The lowest BCUT2D eigenvalue weighted by atomic mass is 10.0. The van der Waals surface area contributed by atoms with Gasteiger partial charge in [-0.15, -0.1) is 16.4 Å². The highest BCUT2D eigenvalue weighted by Crippen LogP contribution is 2.25. The smallest absolute Gasteiger partial charge is 0.411 e. The van der Waals surface area contributed by atoms with Crippen molar-refractivity contribution in [3.8, 4) is 16.8 Å². The largest absolute Gasteiger partial charge is 0.453 e. The number of nitrogens with zero attached hydrogens (tertiary/aromatic N) is 6. The number of aromatic nitrogens is 7. The molecule has 14 heteroatoms. The first-order valence-electron chi connectivity index (χ1n) is 13.5. The Bertz CT molecular complexity index is 1860. The van der Waals surface area contributed by atoms with Crippen molar-refractivity contribution in [3.05, 3.63) is 104 Å². The number of carbonyl (C=O) groups excluding carboxylic acids is 2. The molecular weight excluding hydrogens is 582 g/mol. The van der Waals surface area contributed by atoms with Gasteiger partial charge in [-0.05, 0) is 73.2 Å². The van der Waals surface area contributed by atoms with Crippen LogP contribution in [0.15, 0.2) is 65.7 Å². The summed E-state index contributed by atoms with van der Waals surface area (Å²) < 4.78 is 6.15. The number of amides is 2. The van der Waals surface area contributed by atoms with E-state index in [1.54, 1.807) is 47.7 Å². The van der Waals surface area contributed by atoms with E-state index >= 15 is 0 Å². The SMILES string of the molecule is COC(=O)Nc1ccc(-c2cc([C@H](Cc3nc(C)c(C)s3)NC(=O)/C=C/c3cc(C)ccc3-n3cnnn3)n[nH]c2=O)cc1. The van der Waals surface area contributed by atoms with Crippen molar-refractivity contribution >= 4 is 35.1 Å². The first kappa shape index (κ1) is 30.0. The minimum atomic E-state index is -0.607. The molecular formula is C30H29N9O4S. The van der Waals surface area contributed by atoms with Gasteiger partial charge in [-0.25, -0.2) is 14.9 Å². The van der Waals surface area contributed by atoms with Gasteiger partial charge in [0.25, 0.3) is 5.56 Å². The molecule has 0 aliphatic rings. The summed E-state index contributed by atoms with van der Waals surface area (Å²) in [6.07, 6.45) is 4.38. The molecule has 3 heterocycles. The first-order chi connectivity index (χ1) is 21.2. The second kappa shape index (κ2) is 13.2. The lowest BCUT2D eigenvalue weighted by Crippen LogP contribution is -2.30. The van der Waals surface area contributed by atoms with Gasteiger partial charge in [-0.2, -0.15) is 9.78 Å². The summed E-state index contributed by atoms with van der Waals surface area (Å²) in [5, 5.41) is 24.7. The first-order valence-corrected chi connectivity index (χ1v) is 14.3. The Hall–Kier alpha value is -5.50. The zero-order valence-electron chi connectivity index (χ0n) is 24.4. The van der Waals surface area contributed by atoms with Gasteiger partial charge < -0.3 is 10.1 Å². The molecule has 0 aliphatic carbocycles. The van der Waals surface area contributed by atoms with Gasteiger partial charge >= 0.3 is 6.09 Å². The van der Waals surface area contributed by atoms with Crippen LogP contribution in [-0.4, -0.2) is 54.5 Å². The molecule has 2 aromatic carbocycles. The van der Waals surface area contributed by atoms with E-state index in [1.165, 1.54) is 24.2 Å². The van der Waals surface area contributed by atoms with E-state index in [1.807, 2.05) is 39.0 Å². The van der Waals surface area contributed by atoms with E-state index < -0.39 is 17.7 Å². The van der Waals surface area contributed by atoms with Crippen molar-refractivity contribution in [2.45, 2.75) is 33.2 Å². The highest BCUT2D eigenvalue weighted by Gasteiger charge is 2.21. The minimum absolute atomic E-state index is 0.353. The number of hydrogen-bond acceptors (Lipinski definition) is 10. The van der Waals surface area contributed by atoms with Crippen LogP contribution in [0.4, 0.5) is 10.5 Å². The lowest BCUT2D eigenvalue weighted by Gasteiger charge is -2.17. The number of nitrogens with one attached hydrogen (secondary N) is 3. The van der Waals surface area contributed by atoms with Crippen LogP contribution in [0.1, 0.15) is 38.4 Å². The summed E-state index contributed by atoms with van der Waals surface area (Å²) in [6, 6.07) is 13.5. The van der Waals surface area contributed by atoms with E-state index in [0.717, 1.165) is 32.4 Å². The van der Waals surface area contributed by atoms with Crippen molar-refractivity contribution in [2.75, 3.05) is 12.4 Å². The van der Waals surface area contributed by atoms with Crippen molar-refractivity contribution in [3.63, 3.8) is 0 Å². The quantitative estimate of drug-likeness (QED) is 0.208. The van der Waals surface area contributed by atoms with Gasteiger partial charge in [0, 0.05) is 28.6 Å². The summed E-state index contributed by atoms with van der Waals surface area (Å²) in [6.45, 7) is 5.88. The van der Waals surface area contributed by atoms with Gasteiger partial charge in [0.2, 0.25) is 5.91 Å². The summed E-state index contributed by atoms with van der Waals surface area (Å²) in [7, 11) is 1.28. The molecule has 0 aliphatic heterocycles. The Kier molecular flexibility index (Phi) is 9.00. The van der Waals surface area contributed by atoms with E-state index in [-0.39, 0.29) is 5.91 Å². The fraction of sp³-hybridized carbons (Fsp3) is 0.200. The van der Waals surface area contributed by atoms with Crippen LogP contribution in [0, 0.1) is 20.8 Å². The number of thiazole rings is 1. The number of benzene rings is 2. The second-order valence-corrected chi connectivity index (χ2v) is 11.2. The number of aryl methyl sites for hydroxylation is 3. The zero-order chi connectivity index (χ0) is 31.2. The monoisotopic (exact) mass is 611 g/mol. The fourth-order valence-corrected chi connectivity index (χ4v) is 5.40. The molecule has 2 amide bonds. The molecule has 0 unspecified atom stereocenters. The molecule has 3 N–H and O–H groups in total. The molecule has 5 rings (SSSR count). The highest BCUT2D eigenvalue weighted by molar-refractivity contribution is 7.11. The number of hydrogen-bond donors (Lipinski definition) is 3. The molecule has 44 heavy (non-hydrogen) atoms. The van der Waals surface area contributed by atoms with Gasteiger partial charge in [0.15, 0.2) is 0 Å². The predicted octanol–water partition coefficient (Wildman–Crippen LogP) is 4.09. The Morgan fingerprint density at radius 2 is 1.91 bits per heavy atom. The number of tetrazole rings is 1. The third-order valence-electron chi connectivity index (χ3n) is 6.77. The number of ether oxygens (including phenoxy) is 1. The van der Waals surface area contributed by atoms with Gasteiger partial charge in [-0.3, -0.25) is 14.9 Å². The van der Waals surface area contributed by atoms with Crippen LogP contribution in [0.5, 0.6) is 0 Å². The summed E-state index contributed by atoms with van der Waals surface area (Å²) in [5.74, 6) is -0.364. The number of carbonyl (C=O) groups is 2. The van der Waals surface area contributed by atoms with Crippen LogP contribution in [0.2, 0.25) is 0 Å². The number of aromatic amines is 1. The van der Waals surface area contributed by atoms with Crippen molar-refractivity contribution in [2.24, 2.45) is 0 Å². The highest BCUT2D eigenvalue weighted by atomic mass is 32.1. The molecule has 0 spiro atoms. The van der Waals surface area contributed by atoms with E-state index in [2.05, 4.69) is 46.1 Å². The number of H-pyrrole nitrogens is 1. The molecule has 5 aromatic rings. The normalized spacial score (nSPS) is 11.8. The van der Waals surface area contributed by atoms with Crippen LogP contribution in [-0.2, 0) is 16.0 Å². The Balaban J connectivity index is 1.44. The van der Waals surface area contributed by atoms with Crippen molar-refractivity contribution in [1.29, 1.82) is 0 Å². The molecule has 224 valence electrons. The third kappa shape index (κ3) is 7.10. The molecule has 0 radical (unpaired) electrons. The topological polar surface area (TPSA) is 170 Å². The summed E-state index contributed by atoms with van der Waals surface area (Å²) in [4.78, 5) is 43.4. The molecule has 0 saturated carbocycles. The fourth-order valence-electron chi connectivity index (χ4n) is 4.42. The van der Waals surface area contributed by atoms with Crippen LogP contribution >= 0.6 is 11.3 Å². The minimum Gasteiger partial charge on any atom is -0.453 e. The maximum absolute atomic E-state index is 13.3. The molecule has 0 saturated heterocycles. The predicted molar refractivity (Wildman–Crippen MR) is 165 cm³/mol. The summed E-state index contributed by atoms with van der Waals surface area (Å²) in [5.41, 5.74) is 4.91. The van der Waals surface area contributed by atoms with Gasteiger partial charge in [0.1, 0.15) is 6.33 Å². The average molecular weight is 612 g/mol. The lowest BCUT2D eigenvalue weighted by molar-refractivity contribution is -0.117. The number of anilines is 1. The van der Waals surface area contributed by atoms with Gasteiger partial charge in [-0.1, -0.05) is 23.8 Å². The molecule has 0 fully saturated rings. The van der Waals surface area contributed by atoms with Gasteiger partial charge in [0.05, 0.1) is 40.8 Å². The zero-order valence-corrected chi connectivity index (χ0v) is 25.2. The summed E-state index contributed by atoms with van der Waals surface area (Å²) >= 11 is 1.54. The van der Waals surface area contributed by atoms with Crippen molar-refractivity contribution in [1.82, 2.24) is 40.7 Å². The average Bonchev–Trinajstić information content (AvgIpc) is 3.66. The maximum Gasteiger partial charge on any atom is 0.411 e. The van der Waals surface area contributed by atoms with Crippen molar-refractivity contribution < 1.29 is 14.3 Å². The van der Waals surface area contributed by atoms with E-state index in [9.17, 15) is 14.4 Å². The van der Waals surface area contributed by atoms with Crippen LogP contribution in [0.3, 0.4) is 0 Å². The molecule has 3 aromatic heterocycles.